The molecule has 8 heteroatoms. The van der Waals surface area contributed by atoms with E-state index in [0.717, 1.165) is 12.1 Å². The van der Waals surface area contributed by atoms with Gasteiger partial charge in [-0.3, -0.25) is 9.69 Å². The Balaban J connectivity index is 1.53. The van der Waals surface area contributed by atoms with Crippen LogP contribution in [-0.4, -0.2) is 18.8 Å². The van der Waals surface area contributed by atoms with Crippen LogP contribution in [0, 0.1) is 0 Å². The van der Waals surface area contributed by atoms with E-state index in [1.54, 1.807) is 42.5 Å². The lowest BCUT2D eigenvalue weighted by Gasteiger charge is -2.46. The summed E-state index contributed by atoms with van der Waals surface area (Å²) >= 11 is 0. The molecule has 0 unspecified atom stereocenters. The first kappa shape index (κ1) is 19.3. The van der Waals surface area contributed by atoms with Gasteiger partial charge in [0.2, 0.25) is 12.9 Å². The summed E-state index contributed by atoms with van der Waals surface area (Å²) in [6, 6.07) is 18.1. The zero-order valence-corrected chi connectivity index (χ0v) is 16.0. The highest BCUT2D eigenvalue weighted by Crippen LogP contribution is 2.45. The van der Waals surface area contributed by atoms with E-state index in [2.05, 4.69) is 0 Å². The monoisotopic (exact) mass is 427 g/mol. The molecule has 0 aromatic heterocycles. The van der Waals surface area contributed by atoms with E-state index >= 15 is 0 Å². The van der Waals surface area contributed by atoms with Crippen LogP contribution in [-0.2, 0) is 11.0 Å². The van der Waals surface area contributed by atoms with Crippen molar-refractivity contribution in [1.29, 1.82) is 0 Å². The van der Waals surface area contributed by atoms with Crippen molar-refractivity contribution < 1.29 is 32.2 Å². The maximum Gasteiger partial charge on any atom is 0.416 e. The summed E-state index contributed by atoms with van der Waals surface area (Å²) in [6.45, 7) is 0.0870. The van der Waals surface area contributed by atoms with Gasteiger partial charge in [0.25, 0.3) is 5.91 Å². The molecule has 2 heterocycles. The van der Waals surface area contributed by atoms with Crippen LogP contribution in [0.3, 0.4) is 0 Å². The van der Waals surface area contributed by atoms with Gasteiger partial charge < -0.3 is 14.2 Å². The number of amides is 1. The van der Waals surface area contributed by atoms with Gasteiger partial charge in [0.05, 0.1) is 5.56 Å². The van der Waals surface area contributed by atoms with Gasteiger partial charge in [0.1, 0.15) is 11.8 Å². The van der Waals surface area contributed by atoms with E-state index in [1.165, 1.54) is 17.0 Å². The minimum atomic E-state index is -4.52. The van der Waals surface area contributed by atoms with Crippen LogP contribution < -0.4 is 19.1 Å². The molecule has 0 aliphatic carbocycles. The third-order valence-corrected chi connectivity index (χ3v) is 5.24. The molecule has 2 aliphatic rings. The van der Waals surface area contributed by atoms with E-state index in [1.807, 2.05) is 6.07 Å². The quantitative estimate of drug-likeness (QED) is 0.552. The zero-order chi connectivity index (χ0) is 21.6. The fourth-order valence-electron chi connectivity index (χ4n) is 3.76. The Kier molecular flexibility index (Phi) is 4.50. The minimum Gasteiger partial charge on any atom is -0.478 e. The van der Waals surface area contributed by atoms with E-state index in [-0.39, 0.29) is 12.5 Å². The number of β-lactam (4-membered cyclic amide) rings is 1. The normalized spacial score (nSPS) is 19.8. The van der Waals surface area contributed by atoms with Crippen LogP contribution >= 0.6 is 0 Å². The van der Waals surface area contributed by atoms with E-state index < -0.39 is 29.8 Å². The summed E-state index contributed by atoms with van der Waals surface area (Å²) < 4.78 is 56.4. The molecule has 0 spiro atoms. The van der Waals surface area contributed by atoms with Gasteiger partial charge in [0.15, 0.2) is 11.5 Å². The van der Waals surface area contributed by atoms with Gasteiger partial charge in [-0.1, -0.05) is 30.3 Å². The third kappa shape index (κ3) is 3.43. The number of carbonyl (C=O) groups is 1. The van der Waals surface area contributed by atoms with Gasteiger partial charge >= 0.3 is 6.18 Å². The third-order valence-electron chi connectivity index (χ3n) is 5.24. The van der Waals surface area contributed by atoms with Crippen LogP contribution in [0.1, 0.15) is 17.2 Å². The highest BCUT2D eigenvalue weighted by atomic mass is 19.4. The molecule has 3 aromatic rings. The van der Waals surface area contributed by atoms with Crippen molar-refractivity contribution in [2.45, 2.75) is 18.3 Å². The van der Waals surface area contributed by atoms with Crippen LogP contribution in [0.4, 0.5) is 18.9 Å². The topological polar surface area (TPSA) is 48.0 Å². The summed E-state index contributed by atoms with van der Waals surface area (Å²) in [5.41, 5.74) is -0.00717. The highest BCUT2D eigenvalue weighted by Gasteiger charge is 2.51. The average molecular weight is 427 g/mol. The molecule has 5 rings (SSSR count). The lowest BCUT2D eigenvalue weighted by Crippen LogP contribution is -2.61. The predicted molar refractivity (Wildman–Crippen MR) is 105 cm³/mol. The van der Waals surface area contributed by atoms with E-state index in [4.69, 9.17) is 14.2 Å². The maximum absolute atomic E-state index is 13.2. The number of ether oxygens (including phenoxy) is 3. The van der Waals surface area contributed by atoms with Crippen molar-refractivity contribution in [1.82, 2.24) is 0 Å². The van der Waals surface area contributed by atoms with Crippen LogP contribution in [0.2, 0.25) is 0 Å². The molecular formula is C23H16F3NO4. The van der Waals surface area contributed by atoms with Crippen molar-refractivity contribution in [3.8, 4) is 17.2 Å². The highest BCUT2D eigenvalue weighted by molar-refractivity contribution is 6.05. The van der Waals surface area contributed by atoms with E-state index in [9.17, 15) is 18.0 Å². The number of halogens is 3. The van der Waals surface area contributed by atoms with Crippen LogP contribution in [0.5, 0.6) is 17.2 Å². The Bertz CT molecular complexity index is 1130. The summed E-state index contributed by atoms with van der Waals surface area (Å²) in [4.78, 5) is 14.3. The summed E-state index contributed by atoms with van der Waals surface area (Å²) in [6.07, 6.45) is -5.41. The lowest BCUT2D eigenvalue weighted by atomic mass is 9.89. The number of fused-ring (bicyclic) bond motifs is 1. The zero-order valence-electron chi connectivity index (χ0n) is 16.0. The second-order valence-corrected chi connectivity index (χ2v) is 7.17. The molecule has 1 saturated heterocycles. The van der Waals surface area contributed by atoms with Gasteiger partial charge in [0, 0.05) is 5.69 Å². The second kappa shape index (κ2) is 7.23. The molecule has 2 aliphatic heterocycles. The molecule has 2 atom stereocenters. The van der Waals surface area contributed by atoms with Crippen molar-refractivity contribution in [2.24, 2.45) is 0 Å². The second-order valence-electron chi connectivity index (χ2n) is 7.17. The fourth-order valence-corrected chi connectivity index (χ4v) is 3.76. The molecule has 0 radical (unpaired) electrons. The molecule has 1 amide bonds. The molecule has 158 valence electrons. The molecule has 1 fully saturated rings. The minimum absolute atomic E-state index is 0.0870. The molecule has 0 bridgehead atoms. The molecule has 31 heavy (non-hydrogen) atoms. The van der Waals surface area contributed by atoms with Crippen molar-refractivity contribution in [2.75, 3.05) is 11.7 Å². The number of carbonyl (C=O) groups excluding carboxylic acids is 1. The van der Waals surface area contributed by atoms with Crippen molar-refractivity contribution in [3.63, 3.8) is 0 Å². The van der Waals surface area contributed by atoms with Gasteiger partial charge in [-0.2, -0.15) is 13.2 Å². The first-order valence-electron chi connectivity index (χ1n) is 9.53. The summed E-state index contributed by atoms with van der Waals surface area (Å²) in [7, 11) is 0. The molecular weight excluding hydrogens is 411 g/mol. The van der Waals surface area contributed by atoms with Crippen molar-refractivity contribution in [3.05, 3.63) is 83.9 Å². The van der Waals surface area contributed by atoms with Gasteiger partial charge in [-0.15, -0.1) is 0 Å². The average Bonchev–Trinajstić information content (AvgIpc) is 3.23. The lowest BCUT2D eigenvalue weighted by molar-refractivity contribution is -0.138. The number of alkyl halides is 3. The van der Waals surface area contributed by atoms with Gasteiger partial charge in [-0.05, 0) is 48.0 Å². The summed E-state index contributed by atoms with van der Waals surface area (Å²) in [5, 5.41) is 0. The summed E-state index contributed by atoms with van der Waals surface area (Å²) in [5.74, 6) is 1.15. The predicted octanol–water partition coefficient (Wildman–Crippen LogP) is 4.97. The van der Waals surface area contributed by atoms with E-state index in [0.29, 0.717) is 22.8 Å². The smallest absolute Gasteiger partial charge is 0.416 e. The molecule has 3 aromatic carbocycles. The number of hydrogen-bond donors (Lipinski definition) is 0. The number of hydrogen-bond acceptors (Lipinski definition) is 4. The first-order valence-corrected chi connectivity index (χ1v) is 9.53. The van der Waals surface area contributed by atoms with Crippen molar-refractivity contribution >= 4 is 11.6 Å². The molecule has 0 N–H and O–H groups in total. The number of benzene rings is 3. The Morgan fingerprint density at radius 3 is 2.45 bits per heavy atom. The SMILES string of the molecule is O=C1[C@@H](Oc2ccccc2)[C@@H](c2ccc3c(c2)OCO3)N1c1cccc(C(F)(F)F)c1. The van der Waals surface area contributed by atoms with Crippen LogP contribution in [0.25, 0.3) is 0 Å². The number of anilines is 1. The molecule has 0 saturated carbocycles. The number of rotatable bonds is 4. The number of nitrogens with zero attached hydrogens (tertiary/aromatic N) is 1. The van der Waals surface area contributed by atoms with Crippen LogP contribution in [0.15, 0.2) is 72.8 Å². The Hall–Kier alpha value is -3.68. The molecule has 5 nitrogen and oxygen atoms in total. The Labute approximate surface area is 175 Å². The fraction of sp³-hybridized carbons (Fsp3) is 0.174. The Morgan fingerprint density at radius 1 is 0.903 bits per heavy atom. The Morgan fingerprint density at radius 2 is 1.68 bits per heavy atom. The first-order chi connectivity index (χ1) is 14.9. The maximum atomic E-state index is 13.2. The van der Waals surface area contributed by atoms with Gasteiger partial charge in [-0.25, -0.2) is 0 Å². The number of para-hydroxylation sites is 1. The largest absolute Gasteiger partial charge is 0.478 e. The standard InChI is InChI=1S/C23H16F3NO4/c24-23(25,26)15-5-4-6-16(12-15)27-20(14-9-10-18-19(11-14)30-13-29-18)21(22(27)28)31-17-7-2-1-3-8-17/h1-12,20-21H,13H2/t20-,21+/m1/s1.